The Labute approximate surface area is 192 Å². The second-order valence-electron chi connectivity index (χ2n) is 7.20. The van der Waals surface area contributed by atoms with Gasteiger partial charge in [0.2, 0.25) is 0 Å². The largest absolute Gasteiger partial charge is 0.508 e. The molecule has 5 nitrogen and oxygen atoms in total. The van der Waals surface area contributed by atoms with Gasteiger partial charge >= 0.3 is 0 Å². The standard InChI is InChI=1S/C24H17BrClNO4/c1-13-5-10-17(12-19(13)25)27-21(15-3-2-4-18(28)11-15)20(23(30)24(27)31)22(29)14-6-8-16(26)9-7-14/h2-12,21,28-29H,1H3/t21-/m0/s1. The maximum absolute atomic E-state index is 13.1. The summed E-state index contributed by atoms with van der Waals surface area (Å²) in [5.41, 5.74) is 2.25. The van der Waals surface area contributed by atoms with Gasteiger partial charge in [0.25, 0.3) is 11.7 Å². The summed E-state index contributed by atoms with van der Waals surface area (Å²) in [4.78, 5) is 27.5. The van der Waals surface area contributed by atoms with E-state index in [0.717, 1.165) is 10.0 Å². The average molecular weight is 499 g/mol. The van der Waals surface area contributed by atoms with Crippen LogP contribution in [0.25, 0.3) is 5.76 Å². The zero-order chi connectivity index (χ0) is 22.3. The van der Waals surface area contributed by atoms with E-state index in [9.17, 15) is 19.8 Å². The predicted octanol–water partition coefficient (Wildman–Crippen LogP) is 5.74. The minimum Gasteiger partial charge on any atom is -0.508 e. The molecule has 1 atom stereocenters. The van der Waals surface area contributed by atoms with Crippen LogP contribution in [-0.4, -0.2) is 21.9 Å². The summed E-state index contributed by atoms with van der Waals surface area (Å²) in [6, 6.07) is 17.0. The quantitative estimate of drug-likeness (QED) is 0.274. The Bertz CT molecular complexity index is 1240. The molecule has 0 spiro atoms. The molecule has 3 aromatic carbocycles. The number of aliphatic hydroxyl groups excluding tert-OH is 1. The minimum absolute atomic E-state index is 0.0142. The lowest BCUT2D eigenvalue weighted by Gasteiger charge is -2.26. The number of aromatic hydroxyl groups is 1. The van der Waals surface area contributed by atoms with Crippen LogP contribution < -0.4 is 4.90 Å². The van der Waals surface area contributed by atoms with Gasteiger partial charge in [0.1, 0.15) is 11.5 Å². The van der Waals surface area contributed by atoms with Gasteiger partial charge in [-0.05, 0) is 66.6 Å². The van der Waals surface area contributed by atoms with E-state index in [0.29, 0.717) is 21.8 Å². The molecule has 1 saturated heterocycles. The highest BCUT2D eigenvalue weighted by Gasteiger charge is 2.47. The Kier molecular flexibility index (Phi) is 5.60. The molecule has 0 bridgehead atoms. The lowest BCUT2D eigenvalue weighted by Crippen LogP contribution is -2.29. The van der Waals surface area contributed by atoms with Crippen LogP contribution in [0, 0.1) is 6.92 Å². The molecule has 156 valence electrons. The van der Waals surface area contributed by atoms with Crippen molar-refractivity contribution in [2.75, 3.05) is 4.90 Å². The van der Waals surface area contributed by atoms with Crippen molar-refractivity contribution in [3.8, 4) is 5.75 Å². The van der Waals surface area contributed by atoms with E-state index in [4.69, 9.17) is 11.6 Å². The van der Waals surface area contributed by atoms with E-state index in [1.165, 1.54) is 17.0 Å². The molecule has 4 rings (SSSR count). The lowest BCUT2D eigenvalue weighted by molar-refractivity contribution is -0.132. The molecule has 0 aliphatic carbocycles. The van der Waals surface area contributed by atoms with Crippen LogP contribution in [-0.2, 0) is 9.59 Å². The Morgan fingerprint density at radius 2 is 1.74 bits per heavy atom. The number of hydrogen-bond donors (Lipinski definition) is 2. The van der Waals surface area contributed by atoms with Gasteiger partial charge < -0.3 is 10.2 Å². The molecule has 0 unspecified atom stereocenters. The van der Waals surface area contributed by atoms with Crippen LogP contribution in [0.15, 0.2) is 76.8 Å². The number of rotatable bonds is 3. The number of nitrogens with zero attached hydrogens (tertiary/aromatic N) is 1. The zero-order valence-electron chi connectivity index (χ0n) is 16.3. The highest BCUT2D eigenvalue weighted by atomic mass is 79.9. The molecule has 2 N–H and O–H groups in total. The molecular weight excluding hydrogens is 482 g/mol. The van der Waals surface area contributed by atoms with Crippen LogP contribution in [0.5, 0.6) is 5.75 Å². The fourth-order valence-electron chi connectivity index (χ4n) is 3.60. The van der Waals surface area contributed by atoms with Crippen LogP contribution in [0.1, 0.15) is 22.7 Å². The second kappa shape index (κ2) is 8.21. The Balaban J connectivity index is 1.96. The van der Waals surface area contributed by atoms with E-state index in [1.807, 2.05) is 13.0 Å². The molecule has 1 fully saturated rings. The summed E-state index contributed by atoms with van der Waals surface area (Å²) in [6.45, 7) is 1.91. The van der Waals surface area contributed by atoms with Gasteiger partial charge in [0.15, 0.2) is 0 Å². The average Bonchev–Trinajstić information content (AvgIpc) is 3.01. The lowest BCUT2D eigenvalue weighted by atomic mass is 9.95. The van der Waals surface area contributed by atoms with E-state index in [2.05, 4.69) is 15.9 Å². The molecule has 31 heavy (non-hydrogen) atoms. The first kappa shape index (κ1) is 21.2. The molecular formula is C24H17BrClNO4. The number of benzene rings is 3. The summed E-state index contributed by atoms with van der Waals surface area (Å²) in [7, 11) is 0. The minimum atomic E-state index is -0.919. The van der Waals surface area contributed by atoms with E-state index >= 15 is 0 Å². The van der Waals surface area contributed by atoms with Crippen molar-refractivity contribution in [3.05, 3.63) is 98.5 Å². The van der Waals surface area contributed by atoms with Gasteiger partial charge in [-0.3, -0.25) is 14.5 Å². The van der Waals surface area contributed by atoms with Gasteiger partial charge in [0.05, 0.1) is 11.6 Å². The highest BCUT2D eigenvalue weighted by molar-refractivity contribution is 9.10. The van der Waals surface area contributed by atoms with Crippen molar-refractivity contribution in [2.45, 2.75) is 13.0 Å². The topological polar surface area (TPSA) is 77.8 Å². The first-order valence-corrected chi connectivity index (χ1v) is 10.6. The number of aryl methyl sites for hydroxylation is 1. The zero-order valence-corrected chi connectivity index (χ0v) is 18.7. The number of phenolic OH excluding ortho intramolecular Hbond substituents is 1. The summed E-state index contributed by atoms with van der Waals surface area (Å²) in [6.07, 6.45) is 0. The van der Waals surface area contributed by atoms with Gasteiger partial charge in [-0.15, -0.1) is 0 Å². The SMILES string of the molecule is Cc1ccc(N2C(=O)C(=O)C(=C(O)c3ccc(Cl)cc3)[C@@H]2c2cccc(O)c2)cc1Br. The molecule has 0 aromatic heterocycles. The predicted molar refractivity (Wildman–Crippen MR) is 123 cm³/mol. The number of anilines is 1. The van der Waals surface area contributed by atoms with Gasteiger partial charge in [-0.2, -0.15) is 0 Å². The van der Waals surface area contributed by atoms with Crippen molar-refractivity contribution in [3.63, 3.8) is 0 Å². The number of hydrogen-bond acceptors (Lipinski definition) is 4. The second-order valence-corrected chi connectivity index (χ2v) is 8.50. The summed E-state index contributed by atoms with van der Waals surface area (Å²) >= 11 is 9.41. The summed E-state index contributed by atoms with van der Waals surface area (Å²) < 4.78 is 0.777. The first-order chi connectivity index (χ1) is 14.8. The highest BCUT2D eigenvalue weighted by Crippen LogP contribution is 2.43. The van der Waals surface area contributed by atoms with Crippen LogP contribution in [0.3, 0.4) is 0 Å². The third-order valence-corrected chi connectivity index (χ3v) is 6.29. The molecule has 1 heterocycles. The Morgan fingerprint density at radius 1 is 1.03 bits per heavy atom. The fourth-order valence-corrected chi connectivity index (χ4v) is 4.10. The molecule has 1 aliphatic rings. The molecule has 0 saturated carbocycles. The van der Waals surface area contributed by atoms with Crippen molar-refractivity contribution in [1.82, 2.24) is 0 Å². The number of ketones is 1. The summed E-state index contributed by atoms with van der Waals surface area (Å²) in [5.74, 6) is -1.89. The number of carbonyl (C=O) groups is 2. The first-order valence-electron chi connectivity index (χ1n) is 9.40. The van der Waals surface area contributed by atoms with Gasteiger partial charge in [-0.25, -0.2) is 0 Å². The maximum atomic E-state index is 13.1. The Hall–Kier alpha value is -3.09. The number of halogens is 2. The van der Waals surface area contributed by atoms with E-state index in [-0.39, 0.29) is 17.1 Å². The van der Waals surface area contributed by atoms with Crippen LogP contribution in [0.2, 0.25) is 5.02 Å². The van der Waals surface area contributed by atoms with Crippen molar-refractivity contribution in [2.24, 2.45) is 0 Å². The van der Waals surface area contributed by atoms with Crippen LogP contribution >= 0.6 is 27.5 Å². The van der Waals surface area contributed by atoms with Crippen molar-refractivity contribution < 1.29 is 19.8 Å². The molecule has 7 heteroatoms. The third-order valence-electron chi connectivity index (χ3n) is 5.18. The normalized spacial score (nSPS) is 17.9. The Morgan fingerprint density at radius 3 is 2.39 bits per heavy atom. The van der Waals surface area contributed by atoms with E-state index in [1.54, 1.807) is 48.5 Å². The molecule has 3 aromatic rings. The third kappa shape index (κ3) is 3.84. The number of phenols is 1. The molecule has 1 amide bonds. The number of aliphatic hydroxyl groups is 1. The van der Waals surface area contributed by atoms with Gasteiger partial charge in [0, 0.05) is 20.7 Å². The van der Waals surface area contributed by atoms with Crippen molar-refractivity contribution >= 4 is 50.7 Å². The van der Waals surface area contributed by atoms with Gasteiger partial charge in [-0.1, -0.05) is 45.7 Å². The van der Waals surface area contributed by atoms with Crippen LogP contribution in [0.4, 0.5) is 5.69 Å². The number of amides is 1. The van der Waals surface area contributed by atoms with Crippen molar-refractivity contribution in [1.29, 1.82) is 0 Å². The number of carbonyl (C=O) groups excluding carboxylic acids is 2. The monoisotopic (exact) mass is 497 g/mol. The fraction of sp³-hybridized carbons (Fsp3) is 0.0833. The molecule has 0 radical (unpaired) electrons. The maximum Gasteiger partial charge on any atom is 0.300 e. The van der Waals surface area contributed by atoms with E-state index < -0.39 is 17.7 Å². The smallest absolute Gasteiger partial charge is 0.300 e. The summed E-state index contributed by atoms with van der Waals surface area (Å²) in [5, 5.41) is 21.5. The number of Topliss-reactive ketones (excluding diaryl/α,β-unsaturated/α-hetero) is 1. The molecule has 1 aliphatic heterocycles.